The van der Waals surface area contributed by atoms with Crippen molar-refractivity contribution in [3.8, 4) is 11.5 Å². The Hall–Kier alpha value is -2.19. The van der Waals surface area contributed by atoms with Gasteiger partial charge >= 0.3 is 0 Å². The van der Waals surface area contributed by atoms with Gasteiger partial charge in [0.15, 0.2) is 10.9 Å². The summed E-state index contributed by atoms with van der Waals surface area (Å²) in [5.41, 5.74) is 0.630. The normalized spacial score (nSPS) is 10.5. The number of thiazole rings is 1. The van der Waals surface area contributed by atoms with Crippen molar-refractivity contribution in [1.29, 1.82) is 0 Å². The Kier molecular flexibility index (Phi) is 5.68. The number of carbonyl (C=O) groups excluding carboxylic acids is 2. The molecular formula is C14H17N3O4S. The van der Waals surface area contributed by atoms with Crippen LogP contribution >= 0.6 is 11.3 Å². The van der Waals surface area contributed by atoms with E-state index in [4.69, 9.17) is 9.15 Å². The molecule has 0 aromatic carbocycles. The third-order valence-electron chi connectivity index (χ3n) is 2.61. The van der Waals surface area contributed by atoms with Crippen molar-refractivity contribution >= 4 is 28.3 Å². The molecule has 2 rings (SSSR count). The molecule has 0 unspecified atom stereocenters. The minimum Gasteiger partial charge on any atom is -0.458 e. The number of hydrogen-bond acceptors (Lipinski definition) is 6. The van der Waals surface area contributed by atoms with Crippen molar-refractivity contribution in [3.05, 3.63) is 23.3 Å². The molecule has 0 saturated carbocycles. The van der Waals surface area contributed by atoms with Crippen LogP contribution in [0.4, 0.5) is 5.13 Å². The number of rotatable bonds is 7. The van der Waals surface area contributed by atoms with Crippen LogP contribution in [0.3, 0.4) is 0 Å². The second-order valence-electron chi connectivity index (χ2n) is 4.40. The fraction of sp³-hybridized carbons (Fsp3) is 0.357. The van der Waals surface area contributed by atoms with Gasteiger partial charge in [0.05, 0.1) is 6.54 Å². The zero-order chi connectivity index (χ0) is 15.9. The second-order valence-corrected chi connectivity index (χ2v) is 5.26. The Balaban J connectivity index is 1.96. The average Bonchev–Trinajstić information content (AvgIpc) is 3.11. The first kappa shape index (κ1) is 16.2. The van der Waals surface area contributed by atoms with Gasteiger partial charge in [-0.25, -0.2) is 4.98 Å². The number of anilines is 1. The van der Waals surface area contributed by atoms with Crippen molar-refractivity contribution in [2.24, 2.45) is 0 Å². The molecule has 2 aromatic rings. The smallest absolute Gasteiger partial charge is 0.252 e. The topological polar surface area (TPSA) is 93.5 Å². The van der Waals surface area contributed by atoms with Gasteiger partial charge in [-0.05, 0) is 19.1 Å². The van der Waals surface area contributed by atoms with Gasteiger partial charge in [-0.1, -0.05) is 0 Å². The highest BCUT2D eigenvalue weighted by molar-refractivity contribution is 7.14. The average molecular weight is 323 g/mol. The van der Waals surface area contributed by atoms with Crippen LogP contribution in [0, 0.1) is 0 Å². The highest BCUT2D eigenvalue weighted by Gasteiger charge is 2.11. The number of ether oxygens (including phenoxy) is 1. The van der Waals surface area contributed by atoms with Gasteiger partial charge in [0.1, 0.15) is 18.1 Å². The number of amides is 2. The summed E-state index contributed by atoms with van der Waals surface area (Å²) in [4.78, 5) is 26.7. The fourth-order valence-electron chi connectivity index (χ4n) is 1.62. The summed E-state index contributed by atoms with van der Waals surface area (Å²) in [6.45, 7) is 4.09. The maximum Gasteiger partial charge on any atom is 0.252 e. The maximum absolute atomic E-state index is 11.5. The van der Waals surface area contributed by atoms with Crippen molar-refractivity contribution < 1.29 is 18.7 Å². The van der Waals surface area contributed by atoms with Crippen LogP contribution in [-0.2, 0) is 20.9 Å². The van der Waals surface area contributed by atoms with E-state index in [1.54, 1.807) is 17.5 Å². The van der Waals surface area contributed by atoms with Crippen LogP contribution in [0.15, 0.2) is 21.9 Å². The minimum absolute atomic E-state index is 0.00697. The number of carbonyl (C=O) groups is 2. The van der Waals surface area contributed by atoms with Crippen LogP contribution < -0.4 is 10.6 Å². The Bertz CT molecular complexity index is 650. The first-order valence-electron chi connectivity index (χ1n) is 6.75. The van der Waals surface area contributed by atoms with E-state index in [0.717, 1.165) is 0 Å². The largest absolute Gasteiger partial charge is 0.458 e. The fourth-order valence-corrected chi connectivity index (χ4v) is 2.33. The van der Waals surface area contributed by atoms with E-state index >= 15 is 0 Å². The summed E-state index contributed by atoms with van der Waals surface area (Å²) < 4.78 is 10.6. The Labute approximate surface area is 131 Å². The quantitative estimate of drug-likeness (QED) is 0.813. The molecule has 8 heteroatoms. The van der Waals surface area contributed by atoms with Gasteiger partial charge in [0, 0.05) is 18.9 Å². The summed E-state index contributed by atoms with van der Waals surface area (Å²) in [7, 11) is 0. The number of aromatic nitrogens is 1. The SMILES string of the molecule is CCOCC(=O)Nc1nc(-c2ccc(CNC(C)=O)o2)cs1. The van der Waals surface area contributed by atoms with E-state index in [9.17, 15) is 9.59 Å². The lowest BCUT2D eigenvalue weighted by Crippen LogP contribution is -2.18. The molecular weight excluding hydrogens is 306 g/mol. The molecule has 0 radical (unpaired) electrons. The summed E-state index contributed by atoms with van der Waals surface area (Å²) in [6.07, 6.45) is 0. The molecule has 0 bridgehead atoms. The third-order valence-corrected chi connectivity index (χ3v) is 3.37. The molecule has 2 amide bonds. The first-order chi connectivity index (χ1) is 10.6. The molecule has 0 fully saturated rings. The summed E-state index contributed by atoms with van der Waals surface area (Å²) >= 11 is 1.31. The van der Waals surface area contributed by atoms with E-state index in [1.165, 1.54) is 18.3 Å². The zero-order valence-electron chi connectivity index (χ0n) is 12.3. The highest BCUT2D eigenvalue weighted by Crippen LogP contribution is 2.26. The van der Waals surface area contributed by atoms with E-state index in [1.807, 2.05) is 6.92 Å². The molecule has 118 valence electrons. The van der Waals surface area contributed by atoms with E-state index in [0.29, 0.717) is 35.5 Å². The number of nitrogens with one attached hydrogen (secondary N) is 2. The lowest BCUT2D eigenvalue weighted by molar-refractivity contribution is -0.120. The van der Waals surface area contributed by atoms with Crippen LogP contribution in [0.25, 0.3) is 11.5 Å². The zero-order valence-corrected chi connectivity index (χ0v) is 13.2. The molecule has 0 saturated heterocycles. The van der Waals surface area contributed by atoms with Crippen molar-refractivity contribution in [1.82, 2.24) is 10.3 Å². The lowest BCUT2D eigenvalue weighted by atomic mass is 10.3. The molecule has 0 spiro atoms. The molecule has 7 nitrogen and oxygen atoms in total. The predicted octanol–water partition coefficient (Wildman–Crippen LogP) is 2.01. The molecule has 0 aliphatic heterocycles. The molecule has 2 heterocycles. The molecule has 0 aliphatic carbocycles. The molecule has 2 aromatic heterocycles. The monoisotopic (exact) mass is 323 g/mol. The standard InChI is InChI=1S/C14H17N3O4S/c1-3-20-7-13(19)17-14-16-11(8-22-14)12-5-4-10(21-12)6-15-9(2)18/h4-5,8H,3,6-7H2,1-2H3,(H,15,18)(H,16,17,19). The van der Waals surface area contributed by atoms with Crippen LogP contribution in [0.2, 0.25) is 0 Å². The molecule has 22 heavy (non-hydrogen) atoms. The Morgan fingerprint density at radius 1 is 1.41 bits per heavy atom. The molecule has 2 N–H and O–H groups in total. The van der Waals surface area contributed by atoms with E-state index in [2.05, 4.69) is 15.6 Å². The Morgan fingerprint density at radius 2 is 2.23 bits per heavy atom. The number of furan rings is 1. The predicted molar refractivity (Wildman–Crippen MR) is 82.5 cm³/mol. The van der Waals surface area contributed by atoms with Gasteiger partial charge in [0.25, 0.3) is 5.91 Å². The maximum atomic E-state index is 11.5. The Morgan fingerprint density at radius 3 is 2.95 bits per heavy atom. The minimum atomic E-state index is -0.242. The van der Waals surface area contributed by atoms with Crippen molar-refractivity contribution in [2.75, 3.05) is 18.5 Å². The van der Waals surface area contributed by atoms with Gasteiger partial charge in [0.2, 0.25) is 5.91 Å². The first-order valence-corrected chi connectivity index (χ1v) is 7.63. The van der Waals surface area contributed by atoms with Crippen LogP contribution in [-0.4, -0.2) is 30.0 Å². The van der Waals surface area contributed by atoms with Gasteiger partial charge in [-0.2, -0.15) is 0 Å². The summed E-state index contributed by atoms with van der Waals surface area (Å²) in [5, 5.41) is 7.59. The third kappa shape index (κ3) is 4.68. The number of hydrogen-bond donors (Lipinski definition) is 2. The van der Waals surface area contributed by atoms with Crippen LogP contribution in [0.5, 0.6) is 0 Å². The second kappa shape index (κ2) is 7.71. The van der Waals surface area contributed by atoms with Gasteiger partial charge < -0.3 is 14.5 Å². The lowest BCUT2D eigenvalue weighted by Gasteiger charge is -2.00. The van der Waals surface area contributed by atoms with Crippen molar-refractivity contribution in [3.63, 3.8) is 0 Å². The molecule has 0 aliphatic rings. The summed E-state index contributed by atoms with van der Waals surface area (Å²) in [6, 6.07) is 3.55. The van der Waals surface area contributed by atoms with E-state index < -0.39 is 0 Å². The van der Waals surface area contributed by atoms with Gasteiger partial charge in [-0.3, -0.25) is 14.9 Å². The van der Waals surface area contributed by atoms with Gasteiger partial charge in [-0.15, -0.1) is 11.3 Å². The molecule has 0 atom stereocenters. The number of nitrogens with zero attached hydrogens (tertiary/aromatic N) is 1. The van der Waals surface area contributed by atoms with E-state index in [-0.39, 0.29) is 18.4 Å². The summed E-state index contributed by atoms with van der Waals surface area (Å²) in [5.74, 6) is 0.862. The van der Waals surface area contributed by atoms with Crippen LogP contribution in [0.1, 0.15) is 19.6 Å². The highest BCUT2D eigenvalue weighted by atomic mass is 32.1. The van der Waals surface area contributed by atoms with Crippen molar-refractivity contribution in [2.45, 2.75) is 20.4 Å².